The highest BCUT2D eigenvalue weighted by atomic mass is 79.9. The predicted octanol–water partition coefficient (Wildman–Crippen LogP) is 18.3. The summed E-state index contributed by atoms with van der Waals surface area (Å²) in [6.45, 7) is 25.3. The Morgan fingerprint density at radius 1 is 0.476 bits per heavy atom. The highest BCUT2D eigenvalue weighted by Crippen LogP contribution is 2.40. The molecule has 0 radical (unpaired) electrons. The Morgan fingerprint density at radius 2 is 0.890 bits per heavy atom. The molecule has 7 aromatic heterocycles. The van der Waals surface area contributed by atoms with Crippen molar-refractivity contribution in [3.63, 3.8) is 0 Å². The summed E-state index contributed by atoms with van der Waals surface area (Å²) in [6, 6.07) is 49.6. The highest BCUT2D eigenvalue weighted by Gasteiger charge is 2.35. The van der Waals surface area contributed by atoms with E-state index in [4.69, 9.17) is 70.6 Å². The molecule has 0 saturated carbocycles. The lowest BCUT2D eigenvalue weighted by atomic mass is 10.0. The van der Waals surface area contributed by atoms with Gasteiger partial charge < -0.3 is 55.4 Å². The minimum atomic E-state index is -0.580. The van der Waals surface area contributed by atoms with Crippen molar-refractivity contribution in [1.82, 2.24) is 79.9 Å². The molecule has 0 bridgehead atoms. The number of carbonyl (C=O) groups is 4. The van der Waals surface area contributed by atoms with Crippen LogP contribution in [0.5, 0.6) is 11.5 Å². The van der Waals surface area contributed by atoms with Crippen molar-refractivity contribution in [1.29, 1.82) is 0 Å². The van der Waals surface area contributed by atoms with E-state index in [1.807, 2.05) is 87.6 Å². The number of carbonyl (C=O) groups excluding carboxylic acids is 4. The van der Waals surface area contributed by atoms with Gasteiger partial charge in [0.2, 0.25) is 17.5 Å². The zero-order valence-electron chi connectivity index (χ0n) is 80.5. The number of ether oxygens (including phenoxy) is 3. The van der Waals surface area contributed by atoms with Crippen LogP contribution in [-0.2, 0) is 37.5 Å². The Kier molecular flexibility index (Phi) is 34.3. The predicted molar refractivity (Wildman–Crippen MR) is 561 cm³/mol. The van der Waals surface area contributed by atoms with Gasteiger partial charge in [-0.1, -0.05) is 125 Å². The molecular formula is C101H103BrCl4N26O13. The molecule has 44 heteroatoms. The molecule has 12 heterocycles. The number of aromatic amines is 1. The van der Waals surface area contributed by atoms with E-state index in [2.05, 4.69) is 120 Å². The number of aryl methyl sites for hydroxylation is 1. The number of amides is 1. The van der Waals surface area contributed by atoms with Crippen LogP contribution in [0.1, 0.15) is 132 Å². The van der Waals surface area contributed by atoms with Crippen molar-refractivity contribution in [3.05, 3.63) is 346 Å². The zero-order chi connectivity index (χ0) is 103. The summed E-state index contributed by atoms with van der Waals surface area (Å²) in [5.74, 6) is 1.48. The average Bonchev–Trinajstić information content (AvgIpc) is 1.63. The number of ketones is 3. The number of H-pyrrole nitrogens is 1. The van der Waals surface area contributed by atoms with Crippen LogP contribution in [0.2, 0.25) is 20.1 Å². The summed E-state index contributed by atoms with van der Waals surface area (Å²) in [5, 5.41) is 72.2. The number of aromatic nitrogens is 10. The minimum absolute atomic E-state index is 0.00839. The fourth-order valence-corrected chi connectivity index (χ4v) is 17.6. The third kappa shape index (κ3) is 25.9. The number of fused-ring (bicyclic) bond motifs is 2. The Bertz CT molecular complexity index is 7120. The maximum Gasteiger partial charge on any atom is 0.410 e. The molecule has 3 fully saturated rings. The number of nitro groups is 3. The molecule has 5 aliphatic rings. The third-order valence-corrected chi connectivity index (χ3v) is 25.8. The standard InChI is InChI=1S/C34H38ClN7O6.C24H20BrClN6O4.C22H23ClN6.C21H22ClN7O3/c1-22-30(42(45)46)32(38-41(22)20-23-10-12-25(47-5)13-11-23)37-29-18-24(36-19-27(29)31(43)26-8-6-7-9-28(26)35)21-39-14-16-40(17-15-39)33(44)48-34(2,3)4;1-14-22(32(34)35)24(30-31(14)13-15-7-9-16(36-2)10-8-15)28-20-11-21(29-25)27-12-18(20)23(33)17-5-3-4-6-19(17)26;1-14-11-26-22-20(14)28-21(16-4-2-3-5-18(16)23)17-12-25-15(10-19(17)27-22)13-29-8-6-24-7-9-29;1-13-19(29(31)32)21(27-26-13)25-18-10-14(12-28-8-6-23-7-9-28)24-11-16(18)20(30)15-4-2-3-5-17(15)22/h6-13,18-19H,14-17,20-21H2,1-5H3,(H,36,37,38);3-12H,13H2,1-2H3,(H2,27,28,29,30);2-5,10,12,24H,6-9,11,13H2,1H3,(H,26,27);2-5,10-11,23H,6-9,12H2,1H3,(H2,24,25,26,27). The number of amidine groups is 1. The average molecular weight is 2110 g/mol. The summed E-state index contributed by atoms with van der Waals surface area (Å²) in [7, 11) is 3.16. The summed E-state index contributed by atoms with van der Waals surface area (Å²) in [4.78, 5) is 123. The second kappa shape index (κ2) is 47.6. The van der Waals surface area contributed by atoms with E-state index in [1.54, 1.807) is 148 Å². The van der Waals surface area contributed by atoms with Crippen molar-refractivity contribution in [2.24, 2.45) is 9.98 Å². The lowest BCUT2D eigenvalue weighted by molar-refractivity contribution is -0.384. The summed E-state index contributed by atoms with van der Waals surface area (Å²) >= 11 is 28.5. The van der Waals surface area contributed by atoms with Gasteiger partial charge in [0.1, 0.15) is 45.7 Å². The van der Waals surface area contributed by atoms with E-state index in [0.29, 0.717) is 119 Å². The first-order valence-electron chi connectivity index (χ1n) is 46.1. The van der Waals surface area contributed by atoms with Gasteiger partial charge >= 0.3 is 23.2 Å². The second-order valence-electron chi connectivity index (χ2n) is 35.2. The number of benzene rings is 6. The summed E-state index contributed by atoms with van der Waals surface area (Å²) < 4.78 is 21.7. The van der Waals surface area contributed by atoms with Gasteiger partial charge in [0.15, 0.2) is 23.2 Å². The van der Waals surface area contributed by atoms with Crippen molar-refractivity contribution < 1.29 is 48.2 Å². The first kappa shape index (κ1) is 104. The monoisotopic (exact) mass is 2110 g/mol. The zero-order valence-corrected chi connectivity index (χ0v) is 85.1. The van der Waals surface area contributed by atoms with Crippen LogP contribution in [0.15, 0.2) is 216 Å². The van der Waals surface area contributed by atoms with Gasteiger partial charge in [-0.2, -0.15) is 0 Å². The quantitative estimate of drug-likeness (QED) is 0.00934. The van der Waals surface area contributed by atoms with Gasteiger partial charge in [0, 0.05) is 178 Å². The molecular weight excluding hydrogens is 2010 g/mol. The SMILES string of the molecule is CC1=C2N=C(c3ccccc3Cl)c3cnc(CN4CCNCC4)cc3NC2=NC1.COc1ccc(Cn2nc(Nc3cc(CN4CCN(C(=O)OC(C)(C)C)CC4)ncc3C(=O)c3ccccc3Cl)c([N+](=O)[O-])c2C)cc1.COc1ccc(Cn2nc(Nc3cc(NBr)ncc3C(=O)c3ccccc3Cl)c([N+](=O)[O-])c2C)cc1.Cc1[nH]nc(Nc2cc(CN3CCNCC3)ncc2C(=O)c2ccccc2Cl)c1[N+](=O)[O-]. The molecule has 0 atom stereocenters. The number of hydrogen-bond donors (Lipinski definition) is 8. The number of anilines is 8. The van der Waals surface area contributed by atoms with Crippen molar-refractivity contribution >= 4 is 161 Å². The number of halogens is 5. The fourth-order valence-electron chi connectivity index (χ4n) is 16.5. The van der Waals surface area contributed by atoms with E-state index in [9.17, 15) is 49.5 Å². The van der Waals surface area contributed by atoms with Crippen molar-refractivity contribution in [2.45, 2.75) is 86.8 Å². The minimum Gasteiger partial charge on any atom is -0.497 e. The molecule has 39 nitrogen and oxygen atoms in total. The van der Waals surface area contributed by atoms with E-state index in [1.165, 1.54) is 23.3 Å². The Hall–Kier alpha value is -14.9. The van der Waals surface area contributed by atoms with Gasteiger partial charge in [-0.05, 0) is 150 Å². The molecule has 0 unspecified atom stereocenters. The number of rotatable bonds is 29. The van der Waals surface area contributed by atoms with E-state index in [0.717, 1.165) is 121 Å². The van der Waals surface area contributed by atoms with Crippen LogP contribution in [0.3, 0.4) is 0 Å². The van der Waals surface area contributed by atoms with Crippen LogP contribution in [-0.4, -0.2) is 224 Å². The van der Waals surface area contributed by atoms with Crippen LogP contribution >= 0.6 is 62.6 Å². The van der Waals surface area contributed by atoms with Crippen LogP contribution in [0.25, 0.3) is 0 Å². The number of nitrogens with one attached hydrogen (secondary N) is 8. The number of hydrogen-bond acceptors (Lipinski definition) is 32. The van der Waals surface area contributed by atoms with E-state index in [-0.39, 0.29) is 96.5 Å². The fraction of sp³-hybridized carbons (Fsp3) is 0.277. The van der Waals surface area contributed by atoms with Gasteiger partial charge in [-0.25, -0.2) is 14.8 Å². The first-order chi connectivity index (χ1) is 69.8. The first-order valence-corrected chi connectivity index (χ1v) is 48.4. The maximum atomic E-state index is 13.8. The lowest BCUT2D eigenvalue weighted by Crippen LogP contribution is -2.49. The van der Waals surface area contributed by atoms with Crippen LogP contribution in [0, 0.1) is 51.1 Å². The normalized spacial score (nSPS) is 14.2. The summed E-state index contributed by atoms with van der Waals surface area (Å²) in [5.41, 5.74) is 12.1. The smallest absolute Gasteiger partial charge is 0.410 e. The second-order valence-corrected chi connectivity index (χ2v) is 37.2. The van der Waals surface area contributed by atoms with E-state index < -0.39 is 31.9 Å². The number of aliphatic imine (C=N–C) groups is 2. The van der Waals surface area contributed by atoms with Crippen LogP contribution in [0.4, 0.5) is 67.9 Å². The van der Waals surface area contributed by atoms with Gasteiger partial charge in [-0.15, -0.1) is 15.3 Å². The molecule has 3 saturated heterocycles. The Labute approximate surface area is 862 Å². The third-order valence-electron chi connectivity index (χ3n) is 24.1. The lowest BCUT2D eigenvalue weighted by Gasteiger charge is -2.35. The van der Waals surface area contributed by atoms with Crippen molar-refractivity contribution in [3.8, 4) is 11.5 Å². The van der Waals surface area contributed by atoms with Gasteiger partial charge in [-0.3, -0.25) is 93.8 Å². The maximum absolute atomic E-state index is 13.8. The van der Waals surface area contributed by atoms with Gasteiger partial charge in [0.05, 0.1) is 126 Å². The molecule has 18 rings (SSSR count). The molecule has 13 aromatic rings. The number of pyridine rings is 4. The van der Waals surface area contributed by atoms with Crippen LogP contribution < -0.4 is 45.7 Å². The molecule has 6 aromatic carbocycles. The molecule has 750 valence electrons. The molecule has 0 spiro atoms. The molecule has 145 heavy (non-hydrogen) atoms. The largest absolute Gasteiger partial charge is 0.497 e. The molecule has 1 amide bonds. The number of piperazine rings is 3. The van der Waals surface area contributed by atoms with Gasteiger partial charge in [0.25, 0.3) is 0 Å². The molecule has 0 aliphatic carbocycles. The molecule has 8 N–H and O–H groups in total. The Balaban J connectivity index is 0.000000148. The number of methoxy groups -OCH3 is 2. The summed E-state index contributed by atoms with van der Waals surface area (Å²) in [6.07, 6.45) is 5.87. The number of nitrogens with zero attached hydrogens (tertiary/aromatic N) is 18. The topological polar surface area (TPSA) is 463 Å². The Morgan fingerprint density at radius 3 is 1.32 bits per heavy atom. The van der Waals surface area contributed by atoms with E-state index >= 15 is 0 Å². The molecule has 5 aliphatic heterocycles. The highest BCUT2D eigenvalue weighted by molar-refractivity contribution is 9.10. The van der Waals surface area contributed by atoms with Crippen molar-refractivity contribution in [2.75, 3.05) is 125 Å².